The summed E-state index contributed by atoms with van der Waals surface area (Å²) >= 11 is 1.62. The Balaban J connectivity index is 0. The molecule has 11 heteroatoms. The Morgan fingerprint density at radius 3 is 1.47 bits per heavy atom. The maximum atomic E-state index is 10.9. The highest BCUT2D eigenvalue weighted by Gasteiger charge is 2.16. The average molecular weight is 314 g/mol. The molecular formula is C8H14N2O7S2. The number of esters is 2. The van der Waals surface area contributed by atoms with Crippen LogP contribution in [0.15, 0.2) is 10.3 Å². The highest BCUT2D eigenvalue weighted by Crippen LogP contribution is 2.15. The number of thioether (sulfide) groups is 2. The third kappa shape index (κ3) is 8.29. The van der Waals surface area contributed by atoms with E-state index in [2.05, 4.69) is 19.8 Å². The van der Waals surface area contributed by atoms with Gasteiger partial charge in [0.25, 0.3) is 0 Å². The van der Waals surface area contributed by atoms with Crippen LogP contribution < -0.4 is 0 Å². The number of rotatable bonds is 4. The molecule has 0 saturated carbocycles. The second-order valence-electron chi connectivity index (χ2n) is 2.54. The lowest BCUT2D eigenvalue weighted by Gasteiger charge is -2.04. The minimum atomic E-state index is -0.531. The first-order valence-corrected chi connectivity index (χ1v) is 6.39. The number of carbonyl (C=O) groups excluding carboxylic acids is 2. The Morgan fingerprint density at radius 1 is 0.947 bits per heavy atom. The van der Waals surface area contributed by atoms with Crippen molar-refractivity contribution in [3.63, 3.8) is 0 Å². The van der Waals surface area contributed by atoms with Crippen molar-refractivity contribution in [2.24, 2.45) is 10.3 Å². The van der Waals surface area contributed by atoms with Crippen LogP contribution in [0.3, 0.4) is 0 Å². The van der Waals surface area contributed by atoms with Crippen LogP contribution in [0.25, 0.3) is 0 Å². The second-order valence-corrected chi connectivity index (χ2v) is 4.47. The molecule has 0 aromatic heterocycles. The van der Waals surface area contributed by atoms with Crippen molar-refractivity contribution in [2.75, 3.05) is 25.7 Å². The molecule has 0 unspecified atom stereocenters. The van der Waals surface area contributed by atoms with Crippen molar-refractivity contribution in [2.45, 2.75) is 0 Å². The first kappa shape index (κ1) is 19.9. The van der Waals surface area contributed by atoms with Gasteiger partial charge in [-0.1, -0.05) is 33.8 Å². The summed E-state index contributed by atoms with van der Waals surface area (Å²) in [5.74, 6) is -1.30. The number of methoxy groups -OCH3 is 2. The molecule has 0 rings (SSSR count). The lowest BCUT2D eigenvalue weighted by Crippen LogP contribution is -2.14. The summed E-state index contributed by atoms with van der Waals surface area (Å²) in [6.45, 7) is 0. The van der Waals surface area contributed by atoms with E-state index in [-0.39, 0.29) is 27.1 Å². The molecule has 0 amide bonds. The van der Waals surface area contributed by atoms with Crippen LogP contribution in [-0.4, -0.2) is 63.6 Å². The van der Waals surface area contributed by atoms with Crippen LogP contribution in [0.2, 0.25) is 0 Å². The molecule has 0 aromatic carbocycles. The third-order valence-electron chi connectivity index (χ3n) is 1.47. The van der Waals surface area contributed by atoms with Gasteiger partial charge in [0.15, 0.2) is 10.1 Å². The molecule has 0 radical (unpaired) electrons. The quantitative estimate of drug-likeness (QED) is 0.233. The van der Waals surface area contributed by atoms with Crippen molar-refractivity contribution in [1.29, 1.82) is 0 Å². The topological polar surface area (TPSA) is 149 Å². The van der Waals surface area contributed by atoms with Crippen LogP contribution in [0.4, 0.5) is 0 Å². The molecule has 110 valence electrons. The first-order valence-electron chi connectivity index (χ1n) is 4.42. The van der Waals surface area contributed by atoms with Crippen LogP contribution in [0, 0.1) is 0 Å². The summed E-state index contributed by atoms with van der Waals surface area (Å²) < 4.78 is 8.79. The van der Waals surface area contributed by atoms with Gasteiger partial charge in [-0.3, -0.25) is 9.59 Å². The predicted molar refractivity (Wildman–Crippen MR) is 71.0 cm³/mol. The molecule has 0 bridgehead atoms. The number of hydrogen-bond donors (Lipinski definition) is 2. The zero-order valence-electron chi connectivity index (χ0n) is 10.2. The molecule has 0 aliphatic carbocycles. The van der Waals surface area contributed by atoms with Gasteiger partial charge in [-0.05, 0) is 0 Å². The largest absolute Gasteiger partial charge is 0.468 e. The number of nitrogens with zero attached hydrogens (tertiary/aromatic N) is 2. The van der Waals surface area contributed by atoms with Crippen molar-refractivity contribution in [1.82, 2.24) is 0 Å². The number of ether oxygens (including phenoxy) is 2. The van der Waals surface area contributed by atoms with Crippen molar-refractivity contribution in [3.05, 3.63) is 0 Å². The van der Waals surface area contributed by atoms with Crippen molar-refractivity contribution < 1.29 is 35.0 Å². The standard InChI is InChI=1S/C8H12N2O6S2.H2O/c1-15-5(11)3-17-7(9-13)8(10-14)18-4-6(12)16-2;/h13-14H,3-4H2,1-2H3;1H2/b9-7-,10-8-;. The summed E-state index contributed by atoms with van der Waals surface area (Å²) in [5, 5.41) is 23.0. The molecule has 9 nitrogen and oxygen atoms in total. The third-order valence-corrected chi connectivity index (χ3v) is 3.46. The Morgan fingerprint density at radius 2 is 1.26 bits per heavy atom. The van der Waals surface area contributed by atoms with Crippen LogP contribution in [0.5, 0.6) is 0 Å². The molecule has 0 saturated heterocycles. The summed E-state index contributed by atoms with van der Waals surface area (Å²) in [7, 11) is 2.43. The lowest BCUT2D eigenvalue weighted by atomic mass is 10.8. The SMILES string of the molecule is COC(=O)CSC(=N\O)/C(=N/O)SCC(=O)OC.O. The van der Waals surface area contributed by atoms with E-state index >= 15 is 0 Å². The first-order chi connectivity index (χ1) is 8.58. The zero-order chi connectivity index (χ0) is 14.0. The fourth-order valence-corrected chi connectivity index (χ4v) is 2.18. The Bertz CT molecular complexity index is 325. The molecule has 0 atom stereocenters. The van der Waals surface area contributed by atoms with Gasteiger partial charge < -0.3 is 25.4 Å². The average Bonchev–Trinajstić information content (AvgIpc) is 2.41. The summed E-state index contributed by atoms with van der Waals surface area (Å²) in [5.41, 5.74) is 0. The molecule has 19 heavy (non-hydrogen) atoms. The van der Waals surface area contributed by atoms with E-state index in [1.54, 1.807) is 0 Å². The normalized spacial score (nSPS) is 11.5. The number of carbonyl (C=O) groups is 2. The van der Waals surface area contributed by atoms with Crippen LogP contribution in [-0.2, 0) is 19.1 Å². The molecule has 0 aromatic rings. The molecule has 0 aliphatic heterocycles. The van der Waals surface area contributed by atoms with E-state index in [1.807, 2.05) is 0 Å². The smallest absolute Gasteiger partial charge is 0.316 e. The van der Waals surface area contributed by atoms with Gasteiger partial charge in [-0.2, -0.15) is 0 Å². The van der Waals surface area contributed by atoms with E-state index in [1.165, 1.54) is 14.2 Å². The van der Waals surface area contributed by atoms with E-state index in [0.29, 0.717) is 0 Å². The van der Waals surface area contributed by atoms with Gasteiger partial charge in [-0.15, -0.1) is 0 Å². The fraction of sp³-hybridized carbons (Fsp3) is 0.500. The van der Waals surface area contributed by atoms with Gasteiger partial charge in [0.05, 0.1) is 25.7 Å². The highest BCUT2D eigenvalue weighted by molar-refractivity contribution is 8.25. The Kier molecular flexibility index (Phi) is 12.2. The molecule has 0 aliphatic rings. The minimum absolute atomic E-state index is 0. The van der Waals surface area contributed by atoms with Crippen LogP contribution in [0.1, 0.15) is 0 Å². The predicted octanol–water partition coefficient (Wildman–Crippen LogP) is -0.451. The molecule has 0 heterocycles. The Labute approximate surface area is 117 Å². The van der Waals surface area contributed by atoms with Gasteiger partial charge in [-0.25, -0.2) is 0 Å². The van der Waals surface area contributed by atoms with E-state index in [0.717, 1.165) is 23.5 Å². The van der Waals surface area contributed by atoms with E-state index in [9.17, 15) is 9.59 Å². The summed E-state index contributed by atoms with van der Waals surface area (Å²) in [6.07, 6.45) is 0. The second kappa shape index (κ2) is 11.6. The summed E-state index contributed by atoms with van der Waals surface area (Å²) in [4.78, 5) is 21.8. The fourth-order valence-electron chi connectivity index (χ4n) is 0.639. The van der Waals surface area contributed by atoms with Crippen molar-refractivity contribution >= 4 is 45.5 Å². The zero-order valence-corrected chi connectivity index (χ0v) is 11.8. The maximum absolute atomic E-state index is 10.9. The van der Waals surface area contributed by atoms with Gasteiger partial charge >= 0.3 is 11.9 Å². The van der Waals surface area contributed by atoms with Crippen LogP contribution >= 0.6 is 23.5 Å². The Hall–Kier alpha value is -1.46. The monoisotopic (exact) mass is 314 g/mol. The van der Waals surface area contributed by atoms with Gasteiger partial charge in [0, 0.05) is 0 Å². The summed E-state index contributed by atoms with van der Waals surface area (Å²) in [6, 6.07) is 0. The maximum Gasteiger partial charge on any atom is 0.316 e. The molecule has 0 fully saturated rings. The molecule has 0 spiro atoms. The number of hydrogen-bond acceptors (Lipinski definition) is 10. The van der Waals surface area contributed by atoms with E-state index in [4.69, 9.17) is 10.4 Å². The minimum Gasteiger partial charge on any atom is -0.468 e. The molecular weight excluding hydrogens is 300 g/mol. The van der Waals surface area contributed by atoms with Gasteiger partial charge in [0.1, 0.15) is 0 Å². The van der Waals surface area contributed by atoms with Crippen molar-refractivity contribution in [3.8, 4) is 0 Å². The van der Waals surface area contributed by atoms with Gasteiger partial charge in [0.2, 0.25) is 0 Å². The van der Waals surface area contributed by atoms with E-state index < -0.39 is 11.9 Å². The lowest BCUT2D eigenvalue weighted by molar-refractivity contribution is -0.138. The molecule has 4 N–H and O–H groups in total. The number of oxime groups is 2. The highest BCUT2D eigenvalue weighted by atomic mass is 32.2.